The molecule has 2 heterocycles. The van der Waals surface area contributed by atoms with Gasteiger partial charge in [-0.3, -0.25) is 10.00 Å². The predicted octanol–water partition coefficient (Wildman–Crippen LogP) is 4.30. The lowest BCUT2D eigenvalue weighted by molar-refractivity contribution is 0.211. The molecule has 0 spiro atoms. The van der Waals surface area contributed by atoms with E-state index in [0.29, 0.717) is 6.04 Å². The number of anilines is 1. The molecule has 0 radical (unpaired) electrons. The third kappa shape index (κ3) is 3.79. The number of H-pyrrole nitrogens is 1. The highest BCUT2D eigenvalue weighted by Crippen LogP contribution is 2.26. The Morgan fingerprint density at radius 1 is 1.23 bits per heavy atom. The zero-order valence-electron chi connectivity index (χ0n) is 14.8. The van der Waals surface area contributed by atoms with Crippen molar-refractivity contribution < 1.29 is 4.74 Å². The molecule has 4 rings (SSSR count). The summed E-state index contributed by atoms with van der Waals surface area (Å²) in [6.45, 7) is 3.10. The summed E-state index contributed by atoms with van der Waals surface area (Å²) in [6.07, 6.45) is 2.19. The molecule has 0 atom stereocenters. The van der Waals surface area contributed by atoms with Gasteiger partial charge in [-0.2, -0.15) is 5.10 Å². The Kier molecular flexibility index (Phi) is 5.00. The zero-order valence-corrected chi connectivity index (χ0v) is 15.6. The number of halogens is 1. The maximum atomic E-state index is 6.12. The summed E-state index contributed by atoms with van der Waals surface area (Å²) >= 11 is 6.12. The smallest absolute Gasteiger partial charge is 0.155 e. The predicted molar refractivity (Wildman–Crippen MR) is 106 cm³/mol. The van der Waals surface area contributed by atoms with E-state index in [2.05, 4.69) is 38.6 Å². The van der Waals surface area contributed by atoms with Gasteiger partial charge in [-0.05, 0) is 48.7 Å². The van der Waals surface area contributed by atoms with Crippen LogP contribution >= 0.6 is 11.6 Å². The number of nitrogens with zero attached hydrogens (tertiary/aromatic N) is 2. The SMILES string of the molecule is COc1cccc(CN2CCC(Nc3n[nH]c4ccc(Cl)cc34)CC2)c1. The summed E-state index contributed by atoms with van der Waals surface area (Å²) in [5, 5.41) is 12.8. The van der Waals surface area contributed by atoms with Crippen molar-refractivity contribution in [2.45, 2.75) is 25.4 Å². The van der Waals surface area contributed by atoms with E-state index in [-0.39, 0.29) is 0 Å². The normalized spacial score (nSPS) is 16.1. The second-order valence-electron chi connectivity index (χ2n) is 6.81. The van der Waals surface area contributed by atoms with Gasteiger partial charge in [0.05, 0.1) is 12.6 Å². The number of benzene rings is 2. The van der Waals surface area contributed by atoms with E-state index in [1.165, 1.54) is 5.56 Å². The molecule has 6 heteroatoms. The third-order valence-corrected chi connectivity index (χ3v) is 5.23. The van der Waals surface area contributed by atoms with Gasteiger partial charge in [0.2, 0.25) is 0 Å². The highest BCUT2D eigenvalue weighted by molar-refractivity contribution is 6.31. The number of methoxy groups -OCH3 is 1. The van der Waals surface area contributed by atoms with Gasteiger partial charge in [-0.15, -0.1) is 0 Å². The maximum absolute atomic E-state index is 6.12. The number of hydrogen-bond donors (Lipinski definition) is 2. The van der Waals surface area contributed by atoms with Crippen LogP contribution < -0.4 is 10.1 Å². The fraction of sp³-hybridized carbons (Fsp3) is 0.350. The van der Waals surface area contributed by atoms with Gasteiger partial charge in [0.1, 0.15) is 5.75 Å². The van der Waals surface area contributed by atoms with Gasteiger partial charge in [-0.1, -0.05) is 23.7 Å². The molecule has 5 nitrogen and oxygen atoms in total. The lowest BCUT2D eigenvalue weighted by Gasteiger charge is -2.32. The Balaban J connectivity index is 1.35. The number of nitrogens with one attached hydrogen (secondary N) is 2. The van der Waals surface area contributed by atoms with E-state index in [1.807, 2.05) is 24.3 Å². The number of aromatic amines is 1. The molecule has 1 fully saturated rings. The molecule has 2 N–H and O–H groups in total. The minimum absolute atomic E-state index is 0.432. The van der Waals surface area contributed by atoms with Crippen molar-refractivity contribution in [2.24, 2.45) is 0 Å². The molecule has 1 aliphatic heterocycles. The van der Waals surface area contributed by atoms with Crippen molar-refractivity contribution in [3.63, 3.8) is 0 Å². The number of hydrogen-bond acceptors (Lipinski definition) is 4. The summed E-state index contributed by atoms with van der Waals surface area (Å²) in [6, 6.07) is 14.5. The quantitative estimate of drug-likeness (QED) is 0.703. The van der Waals surface area contributed by atoms with Gasteiger partial charge in [0.15, 0.2) is 5.82 Å². The Morgan fingerprint density at radius 2 is 2.08 bits per heavy atom. The summed E-state index contributed by atoms with van der Waals surface area (Å²) in [5.74, 6) is 1.82. The fourth-order valence-corrected chi connectivity index (χ4v) is 3.73. The molecule has 0 aliphatic carbocycles. The largest absolute Gasteiger partial charge is 0.497 e. The molecular weight excluding hydrogens is 348 g/mol. The molecule has 1 saturated heterocycles. The van der Waals surface area contributed by atoms with Gasteiger partial charge in [0.25, 0.3) is 0 Å². The maximum Gasteiger partial charge on any atom is 0.155 e. The van der Waals surface area contributed by atoms with E-state index in [4.69, 9.17) is 16.3 Å². The average molecular weight is 371 g/mol. The highest BCUT2D eigenvalue weighted by atomic mass is 35.5. The zero-order chi connectivity index (χ0) is 17.9. The number of ether oxygens (including phenoxy) is 1. The van der Waals surface area contributed by atoms with Gasteiger partial charge < -0.3 is 10.1 Å². The molecule has 1 aromatic heterocycles. The Bertz CT molecular complexity index is 886. The first-order chi connectivity index (χ1) is 12.7. The summed E-state index contributed by atoms with van der Waals surface area (Å²) < 4.78 is 5.32. The van der Waals surface area contributed by atoms with Crippen LogP contribution in [0.4, 0.5) is 5.82 Å². The summed E-state index contributed by atoms with van der Waals surface area (Å²) in [5.41, 5.74) is 2.30. The van der Waals surface area contributed by atoms with Crippen LogP contribution in [-0.2, 0) is 6.54 Å². The minimum atomic E-state index is 0.432. The van der Waals surface area contributed by atoms with Crippen molar-refractivity contribution in [3.05, 3.63) is 53.1 Å². The molecular formula is C20H23ClN4O. The van der Waals surface area contributed by atoms with Gasteiger partial charge >= 0.3 is 0 Å². The molecule has 26 heavy (non-hydrogen) atoms. The van der Waals surface area contributed by atoms with Crippen LogP contribution in [0.15, 0.2) is 42.5 Å². The lowest BCUT2D eigenvalue weighted by atomic mass is 10.0. The van der Waals surface area contributed by atoms with Crippen molar-refractivity contribution in [3.8, 4) is 5.75 Å². The molecule has 0 bridgehead atoms. The van der Waals surface area contributed by atoms with Crippen molar-refractivity contribution in [2.75, 3.05) is 25.5 Å². The Hall–Kier alpha value is -2.24. The standard InChI is InChI=1S/C20H23ClN4O/c1-26-17-4-2-3-14(11-17)13-25-9-7-16(8-10-25)22-20-18-12-15(21)5-6-19(18)23-24-20/h2-6,11-12,16H,7-10,13H2,1H3,(H2,22,23,24). The summed E-state index contributed by atoms with van der Waals surface area (Å²) in [7, 11) is 1.71. The number of piperidine rings is 1. The monoisotopic (exact) mass is 370 g/mol. The first-order valence-corrected chi connectivity index (χ1v) is 9.34. The van der Waals surface area contributed by atoms with Crippen LogP contribution in [0.1, 0.15) is 18.4 Å². The summed E-state index contributed by atoms with van der Waals surface area (Å²) in [4.78, 5) is 2.49. The van der Waals surface area contributed by atoms with Crippen LogP contribution in [0.2, 0.25) is 5.02 Å². The first-order valence-electron chi connectivity index (χ1n) is 8.97. The van der Waals surface area contributed by atoms with E-state index in [0.717, 1.165) is 60.0 Å². The Labute approximate surface area is 158 Å². The van der Waals surface area contributed by atoms with Crippen molar-refractivity contribution in [1.29, 1.82) is 0 Å². The first kappa shape index (κ1) is 17.2. The van der Waals surface area contributed by atoms with E-state index in [9.17, 15) is 0 Å². The van der Waals surface area contributed by atoms with E-state index < -0.39 is 0 Å². The molecule has 3 aromatic rings. The lowest BCUT2D eigenvalue weighted by Crippen LogP contribution is -2.38. The number of aromatic nitrogens is 2. The third-order valence-electron chi connectivity index (χ3n) is 4.99. The van der Waals surface area contributed by atoms with Crippen molar-refractivity contribution >= 4 is 28.3 Å². The van der Waals surface area contributed by atoms with Gasteiger partial charge in [0, 0.05) is 36.1 Å². The van der Waals surface area contributed by atoms with Crippen molar-refractivity contribution in [1.82, 2.24) is 15.1 Å². The minimum Gasteiger partial charge on any atom is -0.497 e. The molecule has 1 aliphatic rings. The molecule has 136 valence electrons. The molecule has 0 unspecified atom stereocenters. The molecule has 0 saturated carbocycles. The van der Waals surface area contributed by atoms with Crippen LogP contribution in [0.25, 0.3) is 10.9 Å². The fourth-order valence-electron chi connectivity index (χ4n) is 3.55. The van der Waals surface area contributed by atoms with Crippen LogP contribution in [0.5, 0.6) is 5.75 Å². The second-order valence-corrected chi connectivity index (χ2v) is 7.24. The second kappa shape index (κ2) is 7.56. The Morgan fingerprint density at radius 3 is 2.88 bits per heavy atom. The molecule has 2 aromatic carbocycles. The number of rotatable bonds is 5. The average Bonchev–Trinajstić information content (AvgIpc) is 3.05. The topological polar surface area (TPSA) is 53.2 Å². The highest BCUT2D eigenvalue weighted by Gasteiger charge is 2.20. The number of likely N-dealkylation sites (tertiary alicyclic amines) is 1. The van der Waals surface area contributed by atoms with Crippen LogP contribution in [0, 0.1) is 0 Å². The van der Waals surface area contributed by atoms with Crippen LogP contribution in [0.3, 0.4) is 0 Å². The van der Waals surface area contributed by atoms with Gasteiger partial charge in [-0.25, -0.2) is 0 Å². The molecule has 0 amide bonds. The van der Waals surface area contributed by atoms with E-state index in [1.54, 1.807) is 7.11 Å². The number of fused-ring (bicyclic) bond motifs is 1. The van der Waals surface area contributed by atoms with E-state index >= 15 is 0 Å². The van der Waals surface area contributed by atoms with Crippen LogP contribution in [-0.4, -0.2) is 41.3 Å².